The van der Waals surface area contributed by atoms with Crippen molar-refractivity contribution in [3.8, 4) is 0 Å². The Bertz CT molecular complexity index is 905. The van der Waals surface area contributed by atoms with Crippen LogP contribution in [0.4, 0.5) is 5.69 Å². The van der Waals surface area contributed by atoms with E-state index in [0.29, 0.717) is 18.0 Å². The van der Waals surface area contributed by atoms with Crippen molar-refractivity contribution in [3.05, 3.63) is 58.6 Å². The SMILES string of the molecule is C=CCCC(=O)N1CCC(c2nc(C(=O)Nc3ccccc3C(C)(C)C)cs2)CC1. The van der Waals surface area contributed by atoms with Gasteiger partial charge in [0, 0.05) is 36.5 Å². The maximum absolute atomic E-state index is 12.8. The lowest BCUT2D eigenvalue weighted by molar-refractivity contribution is -0.132. The van der Waals surface area contributed by atoms with Crippen LogP contribution in [-0.2, 0) is 10.2 Å². The molecule has 2 heterocycles. The Morgan fingerprint density at radius 2 is 1.97 bits per heavy atom. The molecule has 0 aliphatic carbocycles. The van der Waals surface area contributed by atoms with Crippen molar-refractivity contribution < 1.29 is 9.59 Å². The van der Waals surface area contributed by atoms with Crippen LogP contribution >= 0.6 is 11.3 Å². The zero-order valence-electron chi connectivity index (χ0n) is 18.1. The Kier molecular flexibility index (Phi) is 7.08. The van der Waals surface area contributed by atoms with Crippen LogP contribution in [0.25, 0.3) is 0 Å². The Balaban J connectivity index is 1.61. The third-order valence-corrected chi connectivity index (χ3v) is 6.50. The number of allylic oxidation sites excluding steroid dienone is 1. The van der Waals surface area contributed by atoms with Crippen molar-refractivity contribution in [1.29, 1.82) is 0 Å². The molecule has 0 bridgehead atoms. The van der Waals surface area contributed by atoms with Gasteiger partial charge in [-0.3, -0.25) is 9.59 Å². The first-order valence-electron chi connectivity index (χ1n) is 10.5. The summed E-state index contributed by atoms with van der Waals surface area (Å²) in [5.74, 6) is 0.332. The van der Waals surface area contributed by atoms with Gasteiger partial charge in [-0.05, 0) is 36.3 Å². The number of aromatic nitrogens is 1. The molecule has 30 heavy (non-hydrogen) atoms. The first-order valence-corrected chi connectivity index (χ1v) is 11.4. The van der Waals surface area contributed by atoms with E-state index in [2.05, 4.69) is 37.7 Å². The second-order valence-electron chi connectivity index (χ2n) is 8.80. The van der Waals surface area contributed by atoms with E-state index in [-0.39, 0.29) is 17.2 Å². The molecule has 1 aliphatic heterocycles. The average Bonchev–Trinajstić information content (AvgIpc) is 3.22. The largest absolute Gasteiger partial charge is 0.343 e. The predicted molar refractivity (Wildman–Crippen MR) is 123 cm³/mol. The highest BCUT2D eigenvalue weighted by Gasteiger charge is 2.26. The zero-order chi connectivity index (χ0) is 21.7. The van der Waals surface area contributed by atoms with Gasteiger partial charge < -0.3 is 10.2 Å². The van der Waals surface area contributed by atoms with Crippen LogP contribution in [0.1, 0.15) is 73.4 Å². The highest BCUT2D eigenvalue weighted by molar-refractivity contribution is 7.10. The number of piperidine rings is 1. The summed E-state index contributed by atoms with van der Waals surface area (Å²) in [6, 6.07) is 7.91. The fourth-order valence-corrected chi connectivity index (χ4v) is 4.74. The summed E-state index contributed by atoms with van der Waals surface area (Å²) in [6.45, 7) is 11.6. The minimum Gasteiger partial charge on any atom is -0.343 e. The smallest absolute Gasteiger partial charge is 0.275 e. The lowest BCUT2D eigenvalue weighted by atomic mass is 9.86. The zero-order valence-corrected chi connectivity index (χ0v) is 18.9. The van der Waals surface area contributed by atoms with Crippen LogP contribution in [0.15, 0.2) is 42.3 Å². The minimum atomic E-state index is -0.175. The van der Waals surface area contributed by atoms with Gasteiger partial charge in [-0.1, -0.05) is 45.0 Å². The number of nitrogens with one attached hydrogen (secondary N) is 1. The van der Waals surface area contributed by atoms with Gasteiger partial charge in [0.15, 0.2) is 0 Å². The van der Waals surface area contributed by atoms with Gasteiger partial charge in [0.25, 0.3) is 5.91 Å². The number of hydrogen-bond acceptors (Lipinski definition) is 4. The third kappa shape index (κ3) is 5.36. The van der Waals surface area contributed by atoms with E-state index in [0.717, 1.165) is 48.6 Å². The van der Waals surface area contributed by atoms with E-state index >= 15 is 0 Å². The van der Waals surface area contributed by atoms with Crippen molar-refractivity contribution >= 4 is 28.8 Å². The fourth-order valence-electron chi connectivity index (χ4n) is 3.77. The highest BCUT2D eigenvalue weighted by atomic mass is 32.1. The number of rotatable bonds is 6. The average molecular weight is 426 g/mol. The lowest BCUT2D eigenvalue weighted by Crippen LogP contribution is -2.37. The van der Waals surface area contributed by atoms with Crippen LogP contribution in [0.2, 0.25) is 0 Å². The molecule has 6 heteroatoms. The first kappa shape index (κ1) is 22.2. The first-order chi connectivity index (χ1) is 14.3. The highest BCUT2D eigenvalue weighted by Crippen LogP contribution is 2.32. The maximum Gasteiger partial charge on any atom is 0.275 e. The van der Waals surface area contributed by atoms with Crippen LogP contribution in [-0.4, -0.2) is 34.8 Å². The molecule has 1 saturated heterocycles. The minimum absolute atomic E-state index is 0.0613. The van der Waals surface area contributed by atoms with Crippen molar-refractivity contribution in [2.45, 2.75) is 57.8 Å². The van der Waals surface area contributed by atoms with Crippen LogP contribution in [0, 0.1) is 0 Å². The third-order valence-electron chi connectivity index (χ3n) is 5.50. The number of thiazole rings is 1. The number of benzene rings is 1. The summed E-state index contributed by atoms with van der Waals surface area (Å²) in [6.07, 6.45) is 4.82. The van der Waals surface area contributed by atoms with E-state index < -0.39 is 0 Å². The number of amides is 2. The molecular weight excluding hydrogens is 394 g/mol. The molecule has 0 spiro atoms. The van der Waals surface area contributed by atoms with Crippen LogP contribution in [0.5, 0.6) is 0 Å². The van der Waals surface area contributed by atoms with E-state index in [4.69, 9.17) is 0 Å². The normalized spacial score (nSPS) is 15.1. The Morgan fingerprint density at radius 1 is 1.27 bits per heavy atom. The summed E-state index contributed by atoms with van der Waals surface area (Å²) in [5, 5.41) is 5.86. The van der Waals surface area contributed by atoms with Gasteiger partial charge in [-0.25, -0.2) is 4.98 Å². The standard InChI is InChI=1S/C24H31N3O2S/c1-5-6-11-21(28)27-14-12-17(13-15-27)23-26-20(16-30-23)22(29)25-19-10-8-7-9-18(19)24(2,3)4/h5,7-10,16-17H,1,6,11-15H2,2-4H3,(H,25,29). The van der Waals surface area contributed by atoms with Gasteiger partial charge in [-0.15, -0.1) is 17.9 Å². The fraction of sp³-hybridized carbons (Fsp3) is 0.458. The number of carbonyl (C=O) groups excluding carboxylic acids is 2. The molecule has 1 aromatic carbocycles. The monoisotopic (exact) mass is 425 g/mol. The molecule has 1 aliphatic rings. The summed E-state index contributed by atoms with van der Waals surface area (Å²) in [4.78, 5) is 31.5. The molecule has 3 rings (SSSR count). The second kappa shape index (κ2) is 9.56. The number of anilines is 1. The molecule has 0 saturated carbocycles. The van der Waals surface area contributed by atoms with E-state index in [1.165, 1.54) is 11.3 Å². The molecule has 2 amide bonds. The molecule has 1 aromatic heterocycles. The summed E-state index contributed by atoms with van der Waals surface area (Å²) in [7, 11) is 0. The molecule has 0 atom stereocenters. The van der Waals surface area contributed by atoms with E-state index in [1.54, 1.807) is 6.08 Å². The Labute approximate surface area is 183 Å². The summed E-state index contributed by atoms with van der Waals surface area (Å²) < 4.78 is 0. The quantitative estimate of drug-likeness (QED) is 0.633. The van der Waals surface area contributed by atoms with Crippen molar-refractivity contribution in [2.75, 3.05) is 18.4 Å². The maximum atomic E-state index is 12.8. The molecule has 5 nitrogen and oxygen atoms in total. The van der Waals surface area contributed by atoms with Gasteiger partial charge in [0.05, 0.1) is 5.01 Å². The molecule has 0 radical (unpaired) electrons. The van der Waals surface area contributed by atoms with Crippen LogP contribution in [0.3, 0.4) is 0 Å². The van der Waals surface area contributed by atoms with Gasteiger partial charge in [-0.2, -0.15) is 0 Å². The van der Waals surface area contributed by atoms with E-state index in [9.17, 15) is 9.59 Å². The lowest BCUT2D eigenvalue weighted by Gasteiger charge is -2.31. The second-order valence-corrected chi connectivity index (χ2v) is 9.69. The Hall–Kier alpha value is -2.47. The van der Waals surface area contributed by atoms with Crippen LogP contribution < -0.4 is 5.32 Å². The predicted octanol–water partition coefficient (Wildman–Crippen LogP) is 5.37. The summed E-state index contributed by atoms with van der Waals surface area (Å²) in [5.41, 5.74) is 2.33. The molecule has 160 valence electrons. The van der Waals surface area contributed by atoms with Gasteiger partial charge in [0.2, 0.25) is 5.91 Å². The number of para-hydroxylation sites is 1. The molecular formula is C24H31N3O2S. The van der Waals surface area contributed by atoms with Gasteiger partial charge in [0.1, 0.15) is 5.69 Å². The Morgan fingerprint density at radius 3 is 2.63 bits per heavy atom. The number of carbonyl (C=O) groups is 2. The van der Waals surface area contributed by atoms with Crippen molar-refractivity contribution in [2.24, 2.45) is 0 Å². The molecule has 0 unspecified atom stereocenters. The number of likely N-dealkylation sites (tertiary alicyclic amines) is 1. The molecule has 1 N–H and O–H groups in total. The van der Waals surface area contributed by atoms with E-state index in [1.807, 2.05) is 34.5 Å². The summed E-state index contributed by atoms with van der Waals surface area (Å²) >= 11 is 1.54. The van der Waals surface area contributed by atoms with Crippen molar-refractivity contribution in [1.82, 2.24) is 9.88 Å². The topological polar surface area (TPSA) is 62.3 Å². The number of hydrogen-bond donors (Lipinski definition) is 1. The number of nitrogens with zero attached hydrogens (tertiary/aromatic N) is 2. The molecule has 2 aromatic rings. The molecule has 1 fully saturated rings. The van der Waals surface area contributed by atoms with Gasteiger partial charge >= 0.3 is 0 Å². The van der Waals surface area contributed by atoms with Crippen molar-refractivity contribution in [3.63, 3.8) is 0 Å².